The molecule has 1 N–H and O–H groups in total. The zero-order valence-electron chi connectivity index (χ0n) is 12.7. The lowest BCUT2D eigenvalue weighted by Crippen LogP contribution is -2.27. The van der Waals surface area contributed by atoms with Gasteiger partial charge in [0, 0.05) is 16.5 Å². The van der Waals surface area contributed by atoms with Gasteiger partial charge < -0.3 is 5.32 Å². The van der Waals surface area contributed by atoms with Gasteiger partial charge in [0.1, 0.15) is 0 Å². The number of thiazole rings is 1. The molecule has 5 heteroatoms. The van der Waals surface area contributed by atoms with Crippen LogP contribution in [0, 0.1) is 0 Å². The topological polar surface area (TPSA) is 42.0 Å². The van der Waals surface area contributed by atoms with Gasteiger partial charge in [0.25, 0.3) is 0 Å². The lowest BCUT2D eigenvalue weighted by Gasteiger charge is -2.19. The largest absolute Gasteiger partial charge is 0.342 e. The van der Waals surface area contributed by atoms with E-state index in [1.54, 1.807) is 11.6 Å². The number of hydrogen-bond acceptors (Lipinski definition) is 3. The summed E-state index contributed by atoms with van der Waals surface area (Å²) in [5, 5.41) is 5.59. The number of hydrogen-bond donors (Lipinski definition) is 1. The highest BCUT2D eigenvalue weighted by Gasteiger charge is 2.15. The second-order valence-corrected chi connectivity index (χ2v) is 6.31. The van der Waals surface area contributed by atoms with Gasteiger partial charge in [0.05, 0.1) is 17.2 Å². The molecule has 24 heavy (non-hydrogen) atoms. The molecule has 0 radical (unpaired) electrons. The zero-order chi connectivity index (χ0) is 16.8. The number of nitrogens with zero attached hydrogens (tertiary/aromatic N) is 1. The summed E-state index contributed by atoms with van der Waals surface area (Å²) in [6.45, 7) is 0. The molecule has 1 amide bonds. The quantitative estimate of drug-likeness (QED) is 0.674. The summed E-state index contributed by atoms with van der Waals surface area (Å²) in [6, 6.07) is 17.1. The SMILES string of the molecule is O=C(/C=C/c1cscn1)N[C@@H](c1ccccc1)c1ccc(Cl)cc1. The third-order valence-corrected chi connectivity index (χ3v) is 4.34. The van der Waals surface area contributed by atoms with Crippen LogP contribution in [0.4, 0.5) is 0 Å². The van der Waals surface area contributed by atoms with Crippen molar-refractivity contribution in [1.82, 2.24) is 10.3 Å². The highest BCUT2D eigenvalue weighted by atomic mass is 35.5. The van der Waals surface area contributed by atoms with E-state index in [0.717, 1.165) is 16.8 Å². The Balaban J connectivity index is 1.82. The fourth-order valence-electron chi connectivity index (χ4n) is 2.32. The molecule has 0 bridgehead atoms. The van der Waals surface area contributed by atoms with E-state index >= 15 is 0 Å². The predicted octanol–water partition coefficient (Wildman–Crippen LogP) is 4.72. The standard InChI is InChI=1S/C19H15ClN2OS/c20-16-8-6-15(7-9-16)19(14-4-2-1-3-5-14)22-18(23)11-10-17-12-24-13-21-17/h1-13,19H,(H,22,23)/b11-10+/t19-/m0/s1. The normalized spacial score (nSPS) is 12.2. The van der Waals surface area contributed by atoms with Crippen molar-refractivity contribution in [3.63, 3.8) is 0 Å². The molecule has 0 saturated carbocycles. The maximum absolute atomic E-state index is 12.3. The number of aromatic nitrogens is 1. The van der Waals surface area contributed by atoms with Crippen LogP contribution in [0.15, 0.2) is 71.6 Å². The fraction of sp³-hybridized carbons (Fsp3) is 0.0526. The number of nitrogens with one attached hydrogen (secondary N) is 1. The zero-order valence-corrected chi connectivity index (χ0v) is 14.3. The maximum Gasteiger partial charge on any atom is 0.244 e. The van der Waals surface area contributed by atoms with Gasteiger partial charge in [-0.2, -0.15) is 0 Å². The van der Waals surface area contributed by atoms with Crippen molar-refractivity contribution in [1.29, 1.82) is 0 Å². The molecule has 120 valence electrons. The molecular formula is C19H15ClN2OS. The highest BCUT2D eigenvalue weighted by Crippen LogP contribution is 2.23. The molecule has 1 heterocycles. The van der Waals surface area contributed by atoms with Crippen molar-refractivity contribution >= 4 is 34.9 Å². The Labute approximate surface area is 149 Å². The van der Waals surface area contributed by atoms with Gasteiger partial charge in [-0.15, -0.1) is 11.3 Å². The van der Waals surface area contributed by atoms with E-state index in [1.165, 1.54) is 17.4 Å². The van der Waals surface area contributed by atoms with Crippen LogP contribution in [0.25, 0.3) is 6.08 Å². The lowest BCUT2D eigenvalue weighted by atomic mass is 9.98. The third-order valence-electron chi connectivity index (χ3n) is 3.48. The van der Waals surface area contributed by atoms with Crippen LogP contribution in [0.5, 0.6) is 0 Å². The fourth-order valence-corrected chi connectivity index (χ4v) is 2.96. The summed E-state index contributed by atoms with van der Waals surface area (Å²) in [7, 11) is 0. The molecule has 3 aromatic rings. The Kier molecular flexibility index (Phi) is 5.41. The van der Waals surface area contributed by atoms with Gasteiger partial charge in [0.15, 0.2) is 0 Å². The second kappa shape index (κ2) is 7.90. The van der Waals surface area contributed by atoms with E-state index in [2.05, 4.69) is 10.3 Å². The molecule has 2 aromatic carbocycles. The van der Waals surface area contributed by atoms with Crippen molar-refractivity contribution in [2.75, 3.05) is 0 Å². The van der Waals surface area contributed by atoms with Crippen molar-refractivity contribution in [3.8, 4) is 0 Å². The Bertz CT molecular complexity index is 814. The smallest absolute Gasteiger partial charge is 0.244 e. The minimum atomic E-state index is -0.240. The van der Waals surface area contributed by atoms with Crippen LogP contribution in [0.2, 0.25) is 5.02 Å². The van der Waals surface area contributed by atoms with Crippen LogP contribution in [0.3, 0.4) is 0 Å². The minimum absolute atomic E-state index is 0.174. The van der Waals surface area contributed by atoms with Crippen LogP contribution in [0.1, 0.15) is 22.9 Å². The van der Waals surface area contributed by atoms with Crippen LogP contribution < -0.4 is 5.32 Å². The summed E-state index contributed by atoms with van der Waals surface area (Å²) in [5.41, 5.74) is 4.49. The Morgan fingerprint density at radius 2 is 1.79 bits per heavy atom. The second-order valence-electron chi connectivity index (χ2n) is 5.15. The van der Waals surface area contributed by atoms with E-state index in [0.29, 0.717) is 5.02 Å². The first-order chi connectivity index (χ1) is 11.7. The summed E-state index contributed by atoms with van der Waals surface area (Å²) >= 11 is 7.46. The maximum atomic E-state index is 12.3. The summed E-state index contributed by atoms with van der Waals surface area (Å²) in [6.07, 6.45) is 3.21. The Morgan fingerprint density at radius 1 is 1.08 bits per heavy atom. The highest BCUT2D eigenvalue weighted by molar-refractivity contribution is 7.07. The van der Waals surface area contributed by atoms with Gasteiger partial charge in [-0.3, -0.25) is 4.79 Å². The van der Waals surface area contributed by atoms with Crippen molar-refractivity contribution in [2.24, 2.45) is 0 Å². The molecule has 0 fully saturated rings. The molecule has 0 saturated heterocycles. The van der Waals surface area contributed by atoms with E-state index in [9.17, 15) is 4.79 Å². The molecule has 1 aromatic heterocycles. The third kappa shape index (κ3) is 4.31. The average Bonchev–Trinajstić information content (AvgIpc) is 3.13. The van der Waals surface area contributed by atoms with E-state index < -0.39 is 0 Å². The van der Waals surface area contributed by atoms with E-state index in [-0.39, 0.29) is 11.9 Å². The summed E-state index contributed by atoms with van der Waals surface area (Å²) in [4.78, 5) is 16.4. The molecule has 0 unspecified atom stereocenters. The van der Waals surface area contributed by atoms with Gasteiger partial charge in [-0.1, -0.05) is 54.1 Å². The number of amides is 1. The number of halogens is 1. The summed E-state index contributed by atoms with van der Waals surface area (Å²) in [5.74, 6) is -0.174. The predicted molar refractivity (Wildman–Crippen MR) is 99.0 cm³/mol. The monoisotopic (exact) mass is 354 g/mol. The molecular weight excluding hydrogens is 340 g/mol. The number of carbonyl (C=O) groups is 1. The average molecular weight is 355 g/mol. The molecule has 0 aliphatic heterocycles. The molecule has 3 rings (SSSR count). The first-order valence-corrected chi connectivity index (χ1v) is 8.71. The van der Waals surface area contributed by atoms with Gasteiger partial charge in [0.2, 0.25) is 5.91 Å². The number of benzene rings is 2. The van der Waals surface area contributed by atoms with E-state index in [1.807, 2.05) is 60.0 Å². The first-order valence-electron chi connectivity index (χ1n) is 7.39. The molecule has 0 spiro atoms. The first kappa shape index (κ1) is 16.4. The van der Waals surface area contributed by atoms with Crippen LogP contribution in [-0.4, -0.2) is 10.9 Å². The van der Waals surface area contributed by atoms with Crippen LogP contribution >= 0.6 is 22.9 Å². The van der Waals surface area contributed by atoms with E-state index in [4.69, 9.17) is 11.6 Å². The van der Waals surface area contributed by atoms with Gasteiger partial charge in [-0.25, -0.2) is 4.98 Å². The van der Waals surface area contributed by atoms with Crippen molar-refractivity contribution in [3.05, 3.63) is 93.4 Å². The van der Waals surface area contributed by atoms with Crippen molar-refractivity contribution < 1.29 is 4.79 Å². The lowest BCUT2D eigenvalue weighted by molar-refractivity contribution is -0.116. The van der Waals surface area contributed by atoms with Gasteiger partial charge in [-0.05, 0) is 29.3 Å². The number of rotatable bonds is 5. The van der Waals surface area contributed by atoms with Crippen molar-refractivity contribution in [2.45, 2.75) is 6.04 Å². The van der Waals surface area contributed by atoms with Gasteiger partial charge >= 0.3 is 0 Å². The molecule has 3 nitrogen and oxygen atoms in total. The molecule has 0 aliphatic carbocycles. The number of carbonyl (C=O) groups excluding carboxylic acids is 1. The molecule has 0 aliphatic rings. The minimum Gasteiger partial charge on any atom is -0.342 e. The summed E-state index contributed by atoms with van der Waals surface area (Å²) < 4.78 is 0. The van der Waals surface area contributed by atoms with Crippen LogP contribution in [-0.2, 0) is 4.79 Å². The Morgan fingerprint density at radius 3 is 2.46 bits per heavy atom. The Hall–Kier alpha value is -2.43. The molecule has 1 atom stereocenters.